The third kappa shape index (κ3) is 5.88. The molecule has 0 spiro atoms. The molecule has 1 aliphatic rings. The maximum absolute atomic E-state index is 13.4. The smallest absolute Gasteiger partial charge is 0.420 e. The lowest BCUT2D eigenvalue weighted by Crippen LogP contribution is -2.49. The summed E-state index contributed by atoms with van der Waals surface area (Å²) in [6.45, 7) is 0.155. The van der Waals surface area contributed by atoms with Crippen LogP contribution in [0.25, 0.3) is 0 Å². The number of aromatic nitrogens is 1. The lowest BCUT2D eigenvalue weighted by molar-refractivity contribution is -0.138. The Hall–Kier alpha value is -3.79. The summed E-state index contributed by atoms with van der Waals surface area (Å²) in [7, 11) is 1.28. The summed E-state index contributed by atoms with van der Waals surface area (Å²) in [5, 5.41) is 5.67. The summed E-state index contributed by atoms with van der Waals surface area (Å²) in [5.41, 5.74) is -1.15. The van der Waals surface area contributed by atoms with Crippen LogP contribution in [0, 0.1) is 0 Å². The second-order valence-electron chi connectivity index (χ2n) is 8.17. The lowest BCUT2D eigenvalue weighted by Gasteiger charge is -2.17. The number of carbonyl (C=O) groups excluding carboxylic acids is 2. The van der Waals surface area contributed by atoms with Gasteiger partial charge in [-0.3, -0.25) is 9.59 Å². The summed E-state index contributed by atoms with van der Waals surface area (Å²) >= 11 is 5.82. The average molecular weight is 520 g/mol. The van der Waals surface area contributed by atoms with E-state index in [0.29, 0.717) is 18.4 Å². The maximum Gasteiger partial charge on any atom is 0.420 e. The van der Waals surface area contributed by atoms with Crippen molar-refractivity contribution in [2.75, 3.05) is 7.11 Å². The van der Waals surface area contributed by atoms with Gasteiger partial charge in [0.2, 0.25) is 5.91 Å². The van der Waals surface area contributed by atoms with Crippen LogP contribution < -0.4 is 20.1 Å². The van der Waals surface area contributed by atoms with Gasteiger partial charge in [0, 0.05) is 6.54 Å². The number of amides is 2. The predicted molar refractivity (Wildman–Crippen MR) is 125 cm³/mol. The molecule has 7 nitrogen and oxygen atoms in total. The third-order valence-corrected chi connectivity index (χ3v) is 5.79. The second-order valence-corrected chi connectivity index (χ2v) is 8.56. The van der Waals surface area contributed by atoms with Crippen LogP contribution in [0.4, 0.5) is 13.2 Å². The van der Waals surface area contributed by atoms with Crippen molar-refractivity contribution in [2.45, 2.75) is 31.1 Å². The predicted octanol–water partition coefficient (Wildman–Crippen LogP) is 5.13. The van der Waals surface area contributed by atoms with E-state index in [4.69, 9.17) is 21.1 Å². The zero-order valence-corrected chi connectivity index (χ0v) is 19.7. The number of hydrogen-bond donors (Lipinski definition) is 2. The summed E-state index contributed by atoms with van der Waals surface area (Å²) in [6, 6.07) is 14.3. The fourth-order valence-electron chi connectivity index (χ4n) is 3.45. The van der Waals surface area contributed by atoms with Gasteiger partial charge in [0.25, 0.3) is 5.91 Å². The van der Waals surface area contributed by atoms with Crippen molar-refractivity contribution in [2.24, 2.45) is 0 Å². The minimum atomic E-state index is -4.62. The molecule has 1 heterocycles. The fraction of sp³-hybridized carbons (Fsp3) is 0.240. The minimum absolute atomic E-state index is 0.0641. The molecule has 1 saturated carbocycles. The SMILES string of the molecule is COc1ccc(Oc2ccc(CNC(=O)C3(NC(=O)c4cccc(Cl)n4)CC3)cc2)c(C(F)(F)F)c1. The van der Waals surface area contributed by atoms with E-state index in [1.165, 1.54) is 37.4 Å². The molecule has 0 bridgehead atoms. The standard InChI is InChI=1S/C25H21ClF3N3O4/c1-35-17-9-10-20(18(13-17)25(27,28)29)36-16-7-5-15(6-8-16)14-30-23(34)24(11-12-24)32-22(33)19-3-2-4-21(26)31-19/h2-10,13H,11-12,14H2,1H3,(H,30,34)(H,32,33). The van der Waals surface area contributed by atoms with E-state index in [2.05, 4.69) is 15.6 Å². The molecule has 0 saturated heterocycles. The van der Waals surface area contributed by atoms with Crippen LogP contribution >= 0.6 is 11.6 Å². The van der Waals surface area contributed by atoms with Crippen LogP contribution in [-0.4, -0.2) is 29.4 Å². The number of halogens is 4. The van der Waals surface area contributed by atoms with E-state index in [1.807, 2.05) is 0 Å². The highest BCUT2D eigenvalue weighted by molar-refractivity contribution is 6.29. The van der Waals surface area contributed by atoms with Crippen molar-refractivity contribution in [1.82, 2.24) is 15.6 Å². The van der Waals surface area contributed by atoms with Gasteiger partial charge in [-0.1, -0.05) is 29.8 Å². The highest BCUT2D eigenvalue weighted by Gasteiger charge is 2.51. The molecule has 0 aliphatic heterocycles. The Balaban J connectivity index is 1.36. The molecule has 3 aromatic rings. The first kappa shape index (κ1) is 25.3. The number of hydrogen-bond acceptors (Lipinski definition) is 5. The van der Waals surface area contributed by atoms with Crippen molar-refractivity contribution < 1.29 is 32.2 Å². The third-order valence-electron chi connectivity index (χ3n) is 5.58. The van der Waals surface area contributed by atoms with Crippen molar-refractivity contribution in [1.29, 1.82) is 0 Å². The summed E-state index contributed by atoms with van der Waals surface area (Å²) in [5.74, 6) is -0.936. The van der Waals surface area contributed by atoms with E-state index in [9.17, 15) is 22.8 Å². The van der Waals surface area contributed by atoms with Gasteiger partial charge in [-0.05, 0) is 60.9 Å². The Kier molecular flexibility index (Phi) is 7.07. The quantitative estimate of drug-likeness (QED) is 0.403. The van der Waals surface area contributed by atoms with E-state index in [1.54, 1.807) is 24.3 Å². The highest BCUT2D eigenvalue weighted by Crippen LogP contribution is 2.40. The molecule has 1 aromatic heterocycles. The average Bonchev–Trinajstić information content (AvgIpc) is 3.63. The molecule has 2 amide bonds. The number of pyridine rings is 1. The van der Waals surface area contributed by atoms with Crippen LogP contribution in [0.2, 0.25) is 5.15 Å². The largest absolute Gasteiger partial charge is 0.497 e. The van der Waals surface area contributed by atoms with Gasteiger partial charge >= 0.3 is 6.18 Å². The van der Waals surface area contributed by atoms with Gasteiger partial charge in [0.1, 0.15) is 39.2 Å². The first-order valence-electron chi connectivity index (χ1n) is 10.8. The van der Waals surface area contributed by atoms with E-state index in [0.717, 1.165) is 6.07 Å². The fourth-order valence-corrected chi connectivity index (χ4v) is 3.61. The number of nitrogens with zero attached hydrogens (tertiary/aromatic N) is 1. The minimum Gasteiger partial charge on any atom is -0.497 e. The van der Waals surface area contributed by atoms with Gasteiger partial charge in [-0.15, -0.1) is 0 Å². The Morgan fingerprint density at radius 3 is 2.36 bits per heavy atom. The molecule has 0 radical (unpaired) electrons. The summed E-state index contributed by atoms with van der Waals surface area (Å²) < 4.78 is 50.5. The topological polar surface area (TPSA) is 89.5 Å². The van der Waals surface area contributed by atoms with Crippen LogP contribution in [0.3, 0.4) is 0 Å². The molecule has 2 N–H and O–H groups in total. The van der Waals surface area contributed by atoms with Crippen LogP contribution in [0.1, 0.15) is 34.5 Å². The maximum atomic E-state index is 13.4. The zero-order chi connectivity index (χ0) is 25.9. The van der Waals surface area contributed by atoms with Crippen molar-refractivity contribution in [3.63, 3.8) is 0 Å². The van der Waals surface area contributed by atoms with E-state index >= 15 is 0 Å². The molecule has 1 aliphatic carbocycles. The zero-order valence-electron chi connectivity index (χ0n) is 19.0. The molecule has 11 heteroatoms. The molecule has 2 aromatic carbocycles. The Labute approximate surface area is 209 Å². The molecule has 36 heavy (non-hydrogen) atoms. The van der Waals surface area contributed by atoms with Gasteiger partial charge in [-0.25, -0.2) is 4.98 Å². The Morgan fingerprint density at radius 1 is 1.06 bits per heavy atom. The monoisotopic (exact) mass is 519 g/mol. The number of methoxy groups -OCH3 is 1. The first-order chi connectivity index (χ1) is 17.1. The molecule has 0 atom stereocenters. The molecule has 1 fully saturated rings. The van der Waals surface area contributed by atoms with E-state index in [-0.39, 0.29) is 40.5 Å². The van der Waals surface area contributed by atoms with Crippen molar-refractivity contribution >= 4 is 23.4 Å². The summed E-state index contributed by atoms with van der Waals surface area (Å²) in [4.78, 5) is 29.1. The van der Waals surface area contributed by atoms with Gasteiger partial charge in [0.05, 0.1) is 7.11 Å². The van der Waals surface area contributed by atoms with Crippen LogP contribution in [0.15, 0.2) is 60.7 Å². The lowest BCUT2D eigenvalue weighted by atomic mass is 10.1. The van der Waals surface area contributed by atoms with Crippen molar-refractivity contribution in [3.05, 3.63) is 82.6 Å². The van der Waals surface area contributed by atoms with Gasteiger partial charge < -0.3 is 20.1 Å². The number of rotatable bonds is 8. The number of alkyl halides is 3. The highest BCUT2D eigenvalue weighted by atomic mass is 35.5. The first-order valence-corrected chi connectivity index (χ1v) is 11.2. The van der Waals surface area contributed by atoms with Gasteiger partial charge in [-0.2, -0.15) is 13.2 Å². The van der Waals surface area contributed by atoms with Crippen LogP contribution in [-0.2, 0) is 17.5 Å². The van der Waals surface area contributed by atoms with E-state index < -0.39 is 23.2 Å². The molecular formula is C25H21ClF3N3O4. The number of carbonyl (C=O) groups is 2. The van der Waals surface area contributed by atoms with Gasteiger partial charge in [0.15, 0.2) is 0 Å². The molecule has 4 rings (SSSR count). The Bertz CT molecular complexity index is 1280. The number of benzene rings is 2. The Morgan fingerprint density at radius 2 is 1.75 bits per heavy atom. The molecular weight excluding hydrogens is 499 g/mol. The molecule has 188 valence electrons. The number of nitrogens with one attached hydrogen (secondary N) is 2. The summed E-state index contributed by atoms with van der Waals surface area (Å²) in [6.07, 6.45) is -3.65. The normalized spacial score (nSPS) is 14.0. The molecule has 0 unspecified atom stereocenters. The second kappa shape index (κ2) is 10.1. The van der Waals surface area contributed by atoms with Crippen LogP contribution in [0.5, 0.6) is 17.2 Å². The van der Waals surface area contributed by atoms with Crippen molar-refractivity contribution in [3.8, 4) is 17.2 Å². The number of ether oxygens (including phenoxy) is 2.